The van der Waals surface area contributed by atoms with Crippen LogP contribution < -0.4 is 0 Å². The lowest BCUT2D eigenvalue weighted by Gasteiger charge is -2.36. The number of hydrogen-bond donors (Lipinski definition) is 0. The molecule has 1 aromatic rings. The maximum absolute atomic E-state index is 12.6. The van der Waals surface area contributed by atoms with Crippen LogP contribution in [0, 0.1) is 31.6 Å². The first-order chi connectivity index (χ1) is 12.2. The highest BCUT2D eigenvalue weighted by atomic mass is 16.5. The monoisotopic (exact) mass is 356 g/mol. The maximum Gasteiger partial charge on any atom is 0.309 e. The van der Waals surface area contributed by atoms with Crippen molar-refractivity contribution in [3.63, 3.8) is 0 Å². The molecule has 2 fully saturated rings. The van der Waals surface area contributed by atoms with Gasteiger partial charge in [0.25, 0.3) is 0 Å². The average molecular weight is 357 g/mol. The number of fused-ring (bicyclic) bond motifs is 2. The largest absolute Gasteiger partial charge is 0.461 e. The summed E-state index contributed by atoms with van der Waals surface area (Å²) in [6, 6.07) is 4.42. The third kappa shape index (κ3) is 3.87. The van der Waals surface area contributed by atoms with Gasteiger partial charge in [-0.05, 0) is 67.2 Å². The van der Waals surface area contributed by atoms with Crippen LogP contribution in [0.4, 0.5) is 0 Å². The first kappa shape index (κ1) is 19.1. The lowest BCUT2D eigenvalue weighted by Crippen LogP contribution is -2.39. The molecule has 0 N–H and O–H groups in total. The lowest BCUT2D eigenvalue weighted by molar-refractivity contribution is -0.154. The number of ketones is 1. The Hall–Kier alpha value is -1.64. The van der Waals surface area contributed by atoms with Crippen molar-refractivity contribution in [3.05, 3.63) is 34.4 Å². The summed E-state index contributed by atoms with van der Waals surface area (Å²) in [4.78, 5) is 24.8. The van der Waals surface area contributed by atoms with E-state index < -0.39 is 0 Å². The van der Waals surface area contributed by atoms with E-state index in [1.54, 1.807) is 0 Å². The zero-order valence-corrected chi connectivity index (χ0v) is 16.9. The van der Waals surface area contributed by atoms with Gasteiger partial charge < -0.3 is 4.74 Å². The second-order valence-corrected chi connectivity index (χ2v) is 9.34. The van der Waals surface area contributed by atoms with Crippen molar-refractivity contribution < 1.29 is 14.3 Å². The number of Topliss-reactive ketones (excluding diaryl/α,β-unsaturated/α-hetero) is 1. The smallest absolute Gasteiger partial charge is 0.309 e. The second-order valence-electron chi connectivity index (χ2n) is 9.34. The highest BCUT2D eigenvalue weighted by Gasteiger charge is 2.41. The number of benzene rings is 1. The van der Waals surface area contributed by atoms with Crippen molar-refractivity contribution in [2.45, 2.75) is 78.7 Å². The highest BCUT2D eigenvalue weighted by Crippen LogP contribution is 2.40. The van der Waals surface area contributed by atoms with Crippen molar-refractivity contribution in [1.29, 1.82) is 0 Å². The average Bonchev–Trinajstić information content (AvgIpc) is 2.52. The Morgan fingerprint density at radius 3 is 2.12 bits per heavy atom. The summed E-state index contributed by atoms with van der Waals surface area (Å²) in [6.07, 6.45) is 4.41. The molecule has 2 saturated carbocycles. The molecule has 2 aliphatic rings. The summed E-state index contributed by atoms with van der Waals surface area (Å²) in [5.74, 6) is 0.361. The Bertz CT molecular complexity index is 672. The Labute approximate surface area is 157 Å². The first-order valence-corrected chi connectivity index (χ1v) is 9.97. The number of rotatable bonds is 3. The van der Waals surface area contributed by atoms with Crippen molar-refractivity contribution in [2.75, 3.05) is 0 Å². The van der Waals surface area contributed by atoms with Crippen LogP contribution >= 0.6 is 0 Å². The summed E-state index contributed by atoms with van der Waals surface area (Å²) < 4.78 is 5.70. The van der Waals surface area contributed by atoms with Crippen LogP contribution in [0.3, 0.4) is 0 Å². The molecule has 0 heterocycles. The molecule has 0 radical (unpaired) electrons. The summed E-state index contributed by atoms with van der Waals surface area (Å²) in [6.45, 7) is 11.2. The van der Waals surface area contributed by atoms with Crippen LogP contribution in [0.2, 0.25) is 0 Å². The molecule has 2 atom stereocenters. The predicted octanol–water partition coefficient (Wildman–Crippen LogP) is 5.04. The van der Waals surface area contributed by atoms with E-state index in [0.717, 1.165) is 24.8 Å². The Morgan fingerprint density at radius 1 is 1.08 bits per heavy atom. The molecule has 3 heteroatoms. The zero-order valence-electron chi connectivity index (χ0n) is 16.9. The van der Waals surface area contributed by atoms with Gasteiger partial charge in [-0.25, -0.2) is 0 Å². The van der Waals surface area contributed by atoms with Crippen LogP contribution in [0.15, 0.2) is 12.1 Å². The molecule has 3 nitrogen and oxygen atoms in total. The minimum absolute atomic E-state index is 0.0922. The molecule has 142 valence electrons. The minimum atomic E-state index is -0.118. The predicted molar refractivity (Wildman–Crippen MR) is 103 cm³/mol. The van der Waals surface area contributed by atoms with Crippen LogP contribution in [-0.4, -0.2) is 11.8 Å². The van der Waals surface area contributed by atoms with Gasteiger partial charge in [0.1, 0.15) is 12.4 Å². The summed E-state index contributed by atoms with van der Waals surface area (Å²) in [5.41, 5.74) is 4.88. The molecule has 0 aromatic heterocycles. The van der Waals surface area contributed by atoms with E-state index in [9.17, 15) is 9.59 Å². The Morgan fingerprint density at radius 2 is 1.62 bits per heavy atom. The molecule has 1 aromatic carbocycles. The minimum Gasteiger partial charge on any atom is -0.461 e. The van der Waals surface area contributed by atoms with E-state index in [-0.39, 0.29) is 29.1 Å². The van der Waals surface area contributed by atoms with Crippen molar-refractivity contribution in [3.8, 4) is 0 Å². The summed E-state index contributed by atoms with van der Waals surface area (Å²) >= 11 is 0. The number of carbonyl (C=O) groups excluding carboxylic acids is 2. The molecule has 2 bridgehead atoms. The van der Waals surface area contributed by atoms with E-state index in [1.165, 1.54) is 16.7 Å². The topological polar surface area (TPSA) is 43.4 Å². The second kappa shape index (κ2) is 7.17. The van der Waals surface area contributed by atoms with E-state index >= 15 is 0 Å². The van der Waals surface area contributed by atoms with Gasteiger partial charge in [-0.15, -0.1) is 0 Å². The van der Waals surface area contributed by atoms with Crippen molar-refractivity contribution in [2.24, 2.45) is 17.8 Å². The van der Waals surface area contributed by atoms with Crippen LogP contribution in [0.25, 0.3) is 0 Å². The van der Waals surface area contributed by atoms with Gasteiger partial charge in [0.2, 0.25) is 0 Å². The van der Waals surface area contributed by atoms with E-state index in [4.69, 9.17) is 4.74 Å². The third-order valence-electron chi connectivity index (χ3n) is 6.30. The van der Waals surface area contributed by atoms with E-state index in [2.05, 4.69) is 46.8 Å². The number of ether oxygens (including phenoxy) is 1. The normalized spacial score (nSPS) is 25.9. The van der Waals surface area contributed by atoms with Crippen LogP contribution in [0.5, 0.6) is 0 Å². The molecular weight excluding hydrogens is 324 g/mol. The van der Waals surface area contributed by atoms with Gasteiger partial charge in [-0.1, -0.05) is 39.3 Å². The lowest BCUT2D eigenvalue weighted by atomic mass is 9.67. The number of aryl methyl sites for hydroxylation is 2. The molecule has 0 aliphatic heterocycles. The molecule has 2 unspecified atom stereocenters. The zero-order chi connectivity index (χ0) is 19.1. The fourth-order valence-corrected chi connectivity index (χ4v) is 4.59. The van der Waals surface area contributed by atoms with Crippen molar-refractivity contribution >= 4 is 11.8 Å². The fraction of sp³-hybridized carbons (Fsp3) is 0.652. The maximum atomic E-state index is 12.6. The molecule has 3 rings (SSSR count). The van der Waals surface area contributed by atoms with Crippen molar-refractivity contribution in [1.82, 2.24) is 0 Å². The number of carbonyl (C=O) groups is 2. The van der Waals surface area contributed by atoms with Gasteiger partial charge in [-0.3, -0.25) is 9.59 Å². The molecular formula is C23H32O3. The third-order valence-corrected chi connectivity index (χ3v) is 6.30. The van der Waals surface area contributed by atoms with Gasteiger partial charge in [-0.2, -0.15) is 0 Å². The van der Waals surface area contributed by atoms with Gasteiger partial charge >= 0.3 is 5.97 Å². The summed E-state index contributed by atoms with van der Waals surface area (Å²) in [5, 5.41) is 0. The Balaban J connectivity index is 1.66. The SMILES string of the molecule is Cc1cc(C(C)(C)C)cc(C)c1COC(=O)C1CC2CCCC(C1)C2=O. The molecule has 26 heavy (non-hydrogen) atoms. The molecule has 0 amide bonds. The highest BCUT2D eigenvalue weighted by molar-refractivity contribution is 5.87. The molecule has 0 spiro atoms. The van der Waals surface area contributed by atoms with Gasteiger partial charge in [0.05, 0.1) is 5.92 Å². The molecule has 0 saturated heterocycles. The number of esters is 1. The molecule has 2 aliphatic carbocycles. The quantitative estimate of drug-likeness (QED) is 0.713. The van der Waals surface area contributed by atoms with Gasteiger partial charge in [0.15, 0.2) is 0 Å². The van der Waals surface area contributed by atoms with E-state index in [1.807, 2.05) is 0 Å². The van der Waals surface area contributed by atoms with Crippen LogP contribution in [-0.2, 0) is 26.3 Å². The summed E-state index contributed by atoms with van der Waals surface area (Å²) in [7, 11) is 0. The van der Waals surface area contributed by atoms with E-state index in [0.29, 0.717) is 25.2 Å². The van der Waals surface area contributed by atoms with Crippen LogP contribution in [0.1, 0.15) is 75.1 Å². The Kier molecular flexibility index (Phi) is 5.28. The fourth-order valence-electron chi connectivity index (χ4n) is 4.59. The standard InChI is InChI=1S/C23H32O3/c1-14-9-19(23(3,4)5)10-15(2)20(14)13-26-22(25)18-11-16-7-6-8-17(12-18)21(16)24/h9-10,16-18H,6-8,11-13H2,1-5H3. The first-order valence-electron chi connectivity index (χ1n) is 9.97. The van der Waals surface area contributed by atoms with Gasteiger partial charge in [0, 0.05) is 11.8 Å². The number of hydrogen-bond acceptors (Lipinski definition) is 3.